The summed E-state index contributed by atoms with van der Waals surface area (Å²) in [5.74, 6) is -0.661. The molecule has 230 valence electrons. The van der Waals surface area contributed by atoms with Crippen molar-refractivity contribution in [3.05, 3.63) is 0 Å². The minimum atomic E-state index is -0.971. The van der Waals surface area contributed by atoms with Crippen LogP contribution in [0.25, 0.3) is 0 Å². The third-order valence-electron chi connectivity index (χ3n) is 9.72. The highest BCUT2D eigenvalue weighted by molar-refractivity contribution is 5.76. The topological polar surface area (TPSA) is 110 Å². The molecule has 0 amide bonds. The molecule has 4 aliphatic heterocycles. The van der Waals surface area contributed by atoms with Crippen molar-refractivity contribution in [1.82, 2.24) is 0 Å². The van der Waals surface area contributed by atoms with Gasteiger partial charge in [-0.15, -0.1) is 0 Å². The molecule has 5 rings (SSSR count). The van der Waals surface area contributed by atoms with Crippen LogP contribution in [0.4, 0.5) is 0 Å². The fraction of sp³-hybridized carbons (Fsp3) is 0.935. The Morgan fingerprint density at radius 2 is 1.48 bits per heavy atom. The maximum absolute atomic E-state index is 11.4. The molecule has 5 fully saturated rings. The van der Waals surface area contributed by atoms with Crippen LogP contribution in [0.15, 0.2) is 0 Å². The number of unbranched alkanes of at least 4 members (excludes halogenated alkanes) is 9. The Morgan fingerprint density at radius 1 is 0.825 bits per heavy atom. The van der Waals surface area contributed by atoms with E-state index in [0.717, 1.165) is 51.4 Å². The van der Waals surface area contributed by atoms with Gasteiger partial charge in [0, 0.05) is 24.9 Å². The molecule has 40 heavy (non-hydrogen) atoms. The number of hydrogen-bond donors (Lipinski definition) is 1. The average Bonchev–Trinajstić information content (AvgIpc) is 3.16. The van der Waals surface area contributed by atoms with Crippen LogP contribution in [0, 0.1) is 23.7 Å². The fourth-order valence-corrected chi connectivity index (χ4v) is 7.35. The van der Waals surface area contributed by atoms with Gasteiger partial charge < -0.3 is 24.1 Å². The zero-order valence-electron chi connectivity index (χ0n) is 24.9. The van der Waals surface area contributed by atoms with Crippen molar-refractivity contribution in [2.45, 2.75) is 147 Å². The number of carboxylic acids is 1. The summed E-state index contributed by atoms with van der Waals surface area (Å²) in [4.78, 5) is 33.9. The van der Waals surface area contributed by atoms with E-state index < -0.39 is 29.6 Å². The van der Waals surface area contributed by atoms with E-state index in [-0.39, 0.29) is 25.0 Å². The number of esters is 1. The highest BCUT2D eigenvalue weighted by atomic mass is 17.3. The predicted molar refractivity (Wildman–Crippen MR) is 147 cm³/mol. The molecule has 2 bridgehead atoms. The van der Waals surface area contributed by atoms with Crippen molar-refractivity contribution in [2.75, 3.05) is 13.2 Å². The summed E-state index contributed by atoms with van der Waals surface area (Å²) in [5, 5.41) is 8.57. The van der Waals surface area contributed by atoms with Gasteiger partial charge in [0.15, 0.2) is 18.2 Å². The van der Waals surface area contributed by atoms with Gasteiger partial charge in [0.2, 0.25) is 5.79 Å². The molecular weight excluding hydrogens is 516 g/mol. The first-order valence-electron chi connectivity index (χ1n) is 15.9. The van der Waals surface area contributed by atoms with E-state index in [1.165, 1.54) is 38.5 Å². The van der Waals surface area contributed by atoms with E-state index >= 15 is 0 Å². The maximum atomic E-state index is 11.4. The second-order valence-corrected chi connectivity index (χ2v) is 12.8. The molecule has 1 saturated carbocycles. The van der Waals surface area contributed by atoms with Crippen LogP contribution in [-0.2, 0) is 38.3 Å². The maximum Gasteiger partial charge on any atom is 0.306 e. The number of carboxylic acid groups (broad SMARTS) is 1. The zero-order chi connectivity index (χ0) is 28.6. The molecule has 9 heteroatoms. The van der Waals surface area contributed by atoms with Gasteiger partial charge in [0.1, 0.15) is 0 Å². The van der Waals surface area contributed by atoms with Gasteiger partial charge in [-0.25, -0.2) is 9.78 Å². The van der Waals surface area contributed by atoms with Gasteiger partial charge in [-0.1, -0.05) is 65.2 Å². The molecule has 1 spiro atoms. The Bertz CT molecular complexity index is 821. The lowest BCUT2D eigenvalue weighted by molar-refractivity contribution is -0.577. The first-order valence-corrected chi connectivity index (χ1v) is 15.9. The average molecular weight is 569 g/mol. The summed E-state index contributed by atoms with van der Waals surface area (Å²) in [6.45, 7) is 7.63. The van der Waals surface area contributed by atoms with Crippen molar-refractivity contribution in [2.24, 2.45) is 23.7 Å². The molecule has 4 heterocycles. The van der Waals surface area contributed by atoms with Crippen LogP contribution < -0.4 is 0 Å². The van der Waals surface area contributed by atoms with Gasteiger partial charge in [0.25, 0.3) is 0 Å². The molecule has 8 atom stereocenters. The van der Waals surface area contributed by atoms with Gasteiger partial charge in [-0.3, -0.25) is 9.59 Å². The molecule has 0 unspecified atom stereocenters. The number of ether oxygens (including phenoxy) is 4. The Kier molecular flexibility index (Phi) is 11.7. The van der Waals surface area contributed by atoms with Crippen LogP contribution >= 0.6 is 0 Å². The van der Waals surface area contributed by atoms with Crippen LogP contribution in [0.1, 0.15) is 124 Å². The third-order valence-corrected chi connectivity index (χ3v) is 9.72. The summed E-state index contributed by atoms with van der Waals surface area (Å²) in [6, 6.07) is 0. The lowest BCUT2D eigenvalue weighted by Gasteiger charge is -2.60. The minimum Gasteiger partial charge on any atom is -0.481 e. The first-order chi connectivity index (χ1) is 19.2. The Morgan fingerprint density at radius 3 is 2.15 bits per heavy atom. The van der Waals surface area contributed by atoms with Crippen LogP contribution in [0.2, 0.25) is 0 Å². The fourth-order valence-electron chi connectivity index (χ4n) is 7.35. The molecular formula is C31H52O9. The van der Waals surface area contributed by atoms with E-state index in [0.29, 0.717) is 31.0 Å². The van der Waals surface area contributed by atoms with Crippen LogP contribution in [-0.4, -0.2) is 54.2 Å². The summed E-state index contributed by atoms with van der Waals surface area (Å²) < 4.78 is 24.3. The number of carbonyl (C=O) groups excluding carboxylic acids is 1. The van der Waals surface area contributed by atoms with E-state index in [1.54, 1.807) is 0 Å². The molecule has 0 aromatic heterocycles. The Balaban J connectivity index is 1.04. The number of rotatable bonds is 17. The predicted octanol–water partition coefficient (Wildman–Crippen LogP) is 6.52. The van der Waals surface area contributed by atoms with Gasteiger partial charge >= 0.3 is 11.9 Å². The molecule has 5 aliphatic rings. The van der Waals surface area contributed by atoms with Crippen LogP contribution in [0.3, 0.4) is 0 Å². The minimum absolute atomic E-state index is 0.0456. The lowest BCUT2D eigenvalue weighted by Crippen LogP contribution is -2.70. The quantitative estimate of drug-likeness (QED) is 0.119. The van der Waals surface area contributed by atoms with Crippen molar-refractivity contribution in [1.29, 1.82) is 0 Å². The van der Waals surface area contributed by atoms with Gasteiger partial charge in [-0.2, -0.15) is 0 Å². The van der Waals surface area contributed by atoms with E-state index in [4.69, 9.17) is 33.8 Å². The van der Waals surface area contributed by atoms with Crippen molar-refractivity contribution in [3.8, 4) is 0 Å². The second kappa shape index (κ2) is 14.8. The first kappa shape index (κ1) is 31.7. The normalized spacial score (nSPS) is 36.6. The Labute approximate surface area is 239 Å². The third kappa shape index (κ3) is 7.77. The molecule has 1 aliphatic carbocycles. The van der Waals surface area contributed by atoms with E-state index in [1.807, 2.05) is 6.92 Å². The van der Waals surface area contributed by atoms with Gasteiger partial charge in [0.05, 0.1) is 19.4 Å². The molecule has 0 aromatic rings. The Hall–Kier alpha value is -1.26. The number of hydrogen-bond acceptors (Lipinski definition) is 8. The highest BCUT2D eigenvalue weighted by Crippen LogP contribution is 2.60. The SMILES string of the molecule is C[C@H]1[C@@H](OCCCCCCCCCCCCOC(=O)CCC(=O)O)O[C@@H]2O[C@]3(C)CC[C@H]4[C@H](C)CC[C@@H]1[C@@]24OO3. The van der Waals surface area contributed by atoms with Crippen molar-refractivity contribution < 1.29 is 43.4 Å². The van der Waals surface area contributed by atoms with Crippen molar-refractivity contribution in [3.63, 3.8) is 0 Å². The summed E-state index contributed by atoms with van der Waals surface area (Å²) in [6.07, 6.45) is 14.6. The monoisotopic (exact) mass is 568 g/mol. The van der Waals surface area contributed by atoms with Gasteiger partial charge in [-0.05, 0) is 50.9 Å². The molecule has 9 nitrogen and oxygen atoms in total. The lowest BCUT2D eigenvalue weighted by atomic mass is 9.58. The summed E-state index contributed by atoms with van der Waals surface area (Å²) in [5.41, 5.74) is -0.525. The summed E-state index contributed by atoms with van der Waals surface area (Å²) >= 11 is 0. The second-order valence-electron chi connectivity index (χ2n) is 12.8. The van der Waals surface area contributed by atoms with Crippen LogP contribution in [0.5, 0.6) is 0 Å². The van der Waals surface area contributed by atoms with E-state index in [9.17, 15) is 9.59 Å². The molecule has 0 radical (unpaired) electrons. The number of carbonyl (C=O) groups is 2. The van der Waals surface area contributed by atoms with Crippen molar-refractivity contribution >= 4 is 11.9 Å². The van der Waals surface area contributed by atoms with E-state index in [2.05, 4.69) is 13.8 Å². The standard InChI is InChI=1S/C31H52O9/c1-22-14-15-25-23(2)28(37-29-31(25)24(22)18-19-30(3,38-29)39-40-31)36-21-13-11-9-7-5-4-6-8-10-12-20-35-27(34)17-16-26(32)33/h22-25,28-29H,4-21H2,1-3H3,(H,32,33)/t22-,23-,24+,25+,28+,29-,30+,31-/m1/s1. The summed E-state index contributed by atoms with van der Waals surface area (Å²) in [7, 11) is 0. The number of fused-ring (bicyclic) bond motifs is 2. The smallest absolute Gasteiger partial charge is 0.306 e. The molecule has 1 N–H and O–H groups in total. The number of aliphatic carboxylic acids is 1. The zero-order valence-corrected chi connectivity index (χ0v) is 24.9. The highest BCUT2D eigenvalue weighted by Gasteiger charge is 2.69. The largest absolute Gasteiger partial charge is 0.481 e. The molecule has 4 saturated heterocycles. The molecule has 0 aromatic carbocycles.